The Morgan fingerprint density at radius 2 is 2.17 bits per heavy atom. The molecule has 6 heavy (non-hydrogen) atoms. The molecule has 0 saturated carbocycles. The molecule has 0 aromatic heterocycles. The van der Waals surface area contributed by atoms with Gasteiger partial charge in [0.25, 0.3) is 0 Å². The van der Waals surface area contributed by atoms with Crippen molar-refractivity contribution >= 4 is 7.98 Å². The van der Waals surface area contributed by atoms with Crippen LogP contribution in [0.25, 0.3) is 0 Å². The van der Waals surface area contributed by atoms with Crippen molar-refractivity contribution in [1.29, 1.82) is 0 Å². The van der Waals surface area contributed by atoms with Crippen LogP contribution in [0.4, 0.5) is 0 Å². The molecule has 0 saturated heterocycles. The molecule has 0 rings (SSSR count). The van der Waals surface area contributed by atoms with Crippen molar-refractivity contribution < 1.29 is 4.84 Å². The summed E-state index contributed by atoms with van der Waals surface area (Å²) in [5, 5.41) is 2.07. The third kappa shape index (κ3) is 3.98. The highest BCUT2D eigenvalue weighted by molar-refractivity contribution is 6.03. The molecule has 0 aliphatic rings. The average Bonchev–Trinajstić information content (AvgIpc) is 1.35. The molecule has 0 atom stereocenters. The molecule has 0 bridgehead atoms. The summed E-state index contributed by atoms with van der Waals surface area (Å²) < 4.78 is 0. The molecular formula is C3H8BNO-. The van der Waals surface area contributed by atoms with Gasteiger partial charge in [0.2, 0.25) is 0 Å². The highest BCUT2D eigenvalue weighted by Crippen LogP contribution is 1.77. The third-order valence-electron chi connectivity index (χ3n) is 0.304. The summed E-state index contributed by atoms with van der Waals surface area (Å²) in [7, 11) is 4.76. The predicted octanol–water partition coefficient (Wildman–Crippen LogP) is -0.000500. The molecular weight excluding hydrogens is 76.9 g/mol. The topological polar surface area (TPSA) is 21.3 Å². The quantitative estimate of drug-likeness (QED) is 0.376. The summed E-state index contributed by atoms with van der Waals surface area (Å²) in [5.41, 5.74) is 0. The van der Waals surface area contributed by atoms with Crippen molar-refractivity contribution in [2.24, 2.45) is 0 Å². The van der Waals surface area contributed by atoms with E-state index in [2.05, 4.69) is 10.2 Å². The highest BCUT2D eigenvalue weighted by Gasteiger charge is 1.79. The SMILES string of the molecule is [B-]NOC(C)C. The van der Waals surface area contributed by atoms with Crippen molar-refractivity contribution in [2.45, 2.75) is 20.0 Å². The lowest BCUT2D eigenvalue weighted by molar-refractivity contribution is 0.0420. The number of hydrogen-bond donors (Lipinski definition) is 1. The Labute approximate surface area is 39.3 Å². The first kappa shape index (κ1) is 5.98. The van der Waals surface area contributed by atoms with Crippen molar-refractivity contribution in [3.05, 3.63) is 0 Å². The summed E-state index contributed by atoms with van der Waals surface area (Å²) in [6.07, 6.45) is 0.162. The minimum absolute atomic E-state index is 0.162. The zero-order valence-electron chi connectivity index (χ0n) is 4.06. The van der Waals surface area contributed by atoms with Crippen molar-refractivity contribution in [1.82, 2.24) is 5.39 Å². The van der Waals surface area contributed by atoms with E-state index < -0.39 is 0 Å². The second-order valence-electron chi connectivity index (χ2n) is 1.28. The van der Waals surface area contributed by atoms with Crippen LogP contribution in [0.15, 0.2) is 0 Å². The van der Waals surface area contributed by atoms with Crippen molar-refractivity contribution in [3.8, 4) is 0 Å². The fraction of sp³-hybridized carbons (Fsp3) is 1.00. The molecule has 2 nitrogen and oxygen atoms in total. The second-order valence-corrected chi connectivity index (χ2v) is 1.28. The Bertz CT molecular complexity index is 32.0. The summed E-state index contributed by atoms with van der Waals surface area (Å²) in [6.45, 7) is 3.78. The Kier molecular flexibility index (Phi) is 3.18. The molecule has 3 heteroatoms. The molecule has 0 aromatic rings. The van der Waals surface area contributed by atoms with E-state index in [4.69, 9.17) is 7.98 Å². The molecule has 0 aliphatic heterocycles. The van der Waals surface area contributed by atoms with Gasteiger partial charge in [-0.05, 0) is 13.8 Å². The fourth-order valence-electron chi connectivity index (χ4n) is 0.136. The number of hydrogen-bond acceptors (Lipinski definition) is 2. The van der Waals surface area contributed by atoms with Crippen LogP contribution in [-0.2, 0) is 4.84 Å². The molecule has 0 aliphatic carbocycles. The summed E-state index contributed by atoms with van der Waals surface area (Å²) in [6, 6.07) is 0. The van der Waals surface area contributed by atoms with E-state index in [0.717, 1.165) is 0 Å². The first-order valence-electron chi connectivity index (χ1n) is 1.88. The summed E-state index contributed by atoms with van der Waals surface area (Å²) >= 11 is 0. The van der Waals surface area contributed by atoms with E-state index in [1.807, 2.05) is 13.8 Å². The lowest BCUT2D eigenvalue weighted by atomic mass is 10.5. The minimum atomic E-state index is 0.162. The van der Waals surface area contributed by atoms with Gasteiger partial charge in [-0.2, -0.15) is 0 Å². The second kappa shape index (κ2) is 3.19. The Balaban J connectivity index is 2.63. The van der Waals surface area contributed by atoms with E-state index >= 15 is 0 Å². The van der Waals surface area contributed by atoms with Crippen LogP contribution < -0.4 is 5.39 Å². The smallest absolute Gasteiger partial charge is 0.0684 e. The number of rotatable bonds is 2. The molecule has 0 unspecified atom stereocenters. The highest BCUT2D eigenvalue weighted by atomic mass is 16.6. The molecule has 3 radical (unpaired) electrons. The molecule has 0 fully saturated rings. The zero-order chi connectivity index (χ0) is 4.99. The van der Waals surface area contributed by atoms with E-state index in [1.165, 1.54) is 0 Å². The van der Waals surface area contributed by atoms with E-state index in [1.54, 1.807) is 0 Å². The lowest BCUT2D eigenvalue weighted by Crippen LogP contribution is -2.15. The Hall–Kier alpha value is -0.0151. The van der Waals surface area contributed by atoms with E-state index in [9.17, 15) is 0 Å². The third-order valence-corrected chi connectivity index (χ3v) is 0.304. The van der Waals surface area contributed by atoms with Crippen LogP contribution in [-0.4, -0.2) is 14.1 Å². The fourth-order valence-corrected chi connectivity index (χ4v) is 0.136. The average molecular weight is 84.9 g/mol. The predicted molar refractivity (Wildman–Crippen MR) is 25.1 cm³/mol. The first-order valence-corrected chi connectivity index (χ1v) is 1.88. The molecule has 35 valence electrons. The van der Waals surface area contributed by atoms with Crippen LogP contribution in [0, 0.1) is 0 Å². The Morgan fingerprint density at radius 1 is 1.67 bits per heavy atom. The van der Waals surface area contributed by atoms with Gasteiger partial charge in [0.05, 0.1) is 6.10 Å². The standard InChI is InChI=1S/C3H8BNO/c1-3(2)6-5-4/h3,5H,1-2H3/q-1. The first-order chi connectivity index (χ1) is 2.77. The maximum atomic E-state index is 4.76. The van der Waals surface area contributed by atoms with Gasteiger partial charge in [-0.1, -0.05) is 0 Å². The van der Waals surface area contributed by atoms with E-state index in [0.29, 0.717) is 0 Å². The normalized spacial score (nSPS) is 10.0. The zero-order valence-corrected chi connectivity index (χ0v) is 4.06. The van der Waals surface area contributed by atoms with Crippen molar-refractivity contribution in [3.63, 3.8) is 0 Å². The number of nitrogens with one attached hydrogen (secondary N) is 1. The maximum Gasteiger partial charge on any atom is 0.0684 e. The van der Waals surface area contributed by atoms with Gasteiger partial charge in [0.1, 0.15) is 0 Å². The van der Waals surface area contributed by atoms with Crippen LogP contribution in [0.5, 0.6) is 0 Å². The molecule has 0 aromatic carbocycles. The Morgan fingerprint density at radius 3 is 2.17 bits per heavy atom. The molecule has 1 N–H and O–H groups in total. The van der Waals surface area contributed by atoms with Crippen LogP contribution in [0.3, 0.4) is 0 Å². The molecule has 0 spiro atoms. The molecule has 0 heterocycles. The van der Waals surface area contributed by atoms with Gasteiger partial charge in [0, 0.05) is 0 Å². The van der Waals surface area contributed by atoms with Gasteiger partial charge in [-0.25, -0.2) is 0 Å². The van der Waals surface area contributed by atoms with E-state index in [-0.39, 0.29) is 6.10 Å². The maximum absolute atomic E-state index is 4.76. The van der Waals surface area contributed by atoms with Crippen molar-refractivity contribution in [2.75, 3.05) is 0 Å². The van der Waals surface area contributed by atoms with Gasteiger partial charge >= 0.3 is 0 Å². The largest absolute Gasteiger partial charge is 0.480 e. The molecule has 0 amide bonds. The van der Waals surface area contributed by atoms with Crippen LogP contribution >= 0.6 is 0 Å². The summed E-state index contributed by atoms with van der Waals surface area (Å²) in [5.74, 6) is 0. The van der Waals surface area contributed by atoms with Gasteiger partial charge < -0.3 is 18.2 Å². The van der Waals surface area contributed by atoms with Crippen LogP contribution in [0.1, 0.15) is 13.8 Å². The van der Waals surface area contributed by atoms with Gasteiger partial charge in [0.15, 0.2) is 0 Å². The van der Waals surface area contributed by atoms with Crippen LogP contribution in [0.2, 0.25) is 0 Å². The monoisotopic (exact) mass is 85.1 g/mol. The lowest BCUT2D eigenvalue weighted by Gasteiger charge is -2.12. The minimum Gasteiger partial charge on any atom is -0.480 e. The summed E-state index contributed by atoms with van der Waals surface area (Å²) in [4.78, 5) is 4.57. The van der Waals surface area contributed by atoms with Gasteiger partial charge in [-0.15, -0.1) is 0 Å². The van der Waals surface area contributed by atoms with Gasteiger partial charge in [-0.3, -0.25) is 0 Å².